The molecule has 0 aliphatic carbocycles. The van der Waals surface area contributed by atoms with E-state index in [0.29, 0.717) is 11.3 Å². The van der Waals surface area contributed by atoms with Gasteiger partial charge in [0.05, 0.1) is 8.45 Å². The maximum absolute atomic E-state index is 13.0. The van der Waals surface area contributed by atoms with Gasteiger partial charge in [-0.3, -0.25) is 0 Å². The maximum atomic E-state index is 13.0. The van der Waals surface area contributed by atoms with E-state index in [2.05, 4.69) is 27.7 Å². The summed E-state index contributed by atoms with van der Waals surface area (Å²) in [7, 11) is 0. The van der Waals surface area contributed by atoms with Crippen LogP contribution in [0.25, 0.3) is 22.4 Å². The van der Waals surface area contributed by atoms with Gasteiger partial charge in [0.15, 0.2) is 0 Å². The van der Waals surface area contributed by atoms with Gasteiger partial charge in [-0.05, 0) is 46.4 Å². The predicted octanol–water partition coefficient (Wildman–Crippen LogP) is 4.40. The van der Waals surface area contributed by atoms with Gasteiger partial charge in [0.1, 0.15) is 11.5 Å². The molecule has 6 heteroatoms. The molecule has 0 spiro atoms. The molecule has 0 bridgehead atoms. The second kappa shape index (κ2) is 4.93. The van der Waals surface area contributed by atoms with E-state index in [1.165, 1.54) is 12.1 Å². The van der Waals surface area contributed by atoms with E-state index in [9.17, 15) is 4.39 Å². The summed E-state index contributed by atoms with van der Waals surface area (Å²) in [5, 5.41) is 6.00. The molecule has 3 rings (SSSR count). The van der Waals surface area contributed by atoms with Crippen LogP contribution in [-0.4, -0.2) is 5.16 Å². The molecule has 96 valence electrons. The lowest BCUT2D eigenvalue weighted by Gasteiger charge is -2.01. The number of halogens is 2. The third-order valence-corrected chi connectivity index (χ3v) is 4.48. The first-order valence-electron chi connectivity index (χ1n) is 5.40. The molecule has 1 aromatic carbocycles. The van der Waals surface area contributed by atoms with Gasteiger partial charge in [0.2, 0.25) is 5.88 Å². The van der Waals surface area contributed by atoms with Crippen molar-refractivity contribution >= 4 is 39.8 Å². The Hall–Kier alpha value is -1.41. The van der Waals surface area contributed by atoms with Crippen molar-refractivity contribution < 1.29 is 8.91 Å². The molecule has 3 aromatic rings. The minimum absolute atomic E-state index is 0.239. The molecule has 0 saturated carbocycles. The van der Waals surface area contributed by atoms with Crippen molar-refractivity contribution in [1.29, 1.82) is 0 Å². The Bertz CT molecular complexity index is 721. The summed E-state index contributed by atoms with van der Waals surface area (Å²) in [6.45, 7) is 0. The van der Waals surface area contributed by atoms with Crippen molar-refractivity contribution in [2.75, 3.05) is 5.73 Å². The van der Waals surface area contributed by atoms with E-state index in [4.69, 9.17) is 10.3 Å². The number of rotatable bonds is 2. The minimum Gasteiger partial charge on any atom is -0.367 e. The molecule has 2 N–H and O–H groups in total. The molecule has 0 atom stereocenters. The maximum Gasteiger partial charge on any atom is 0.230 e. The van der Waals surface area contributed by atoms with Crippen molar-refractivity contribution in [2.45, 2.75) is 0 Å². The number of nitrogens with zero attached hydrogens (tertiary/aromatic N) is 1. The largest absolute Gasteiger partial charge is 0.367 e. The number of benzene rings is 1. The Kier molecular flexibility index (Phi) is 3.28. The van der Waals surface area contributed by atoms with Crippen molar-refractivity contribution in [1.82, 2.24) is 5.16 Å². The highest BCUT2D eigenvalue weighted by atomic mass is 127. The fourth-order valence-electron chi connectivity index (χ4n) is 1.83. The second-order valence-electron chi connectivity index (χ2n) is 3.92. The van der Waals surface area contributed by atoms with Crippen LogP contribution in [-0.2, 0) is 0 Å². The normalized spacial score (nSPS) is 10.8. The monoisotopic (exact) mass is 386 g/mol. The zero-order chi connectivity index (χ0) is 13.4. The molecule has 0 aliphatic rings. The van der Waals surface area contributed by atoms with Gasteiger partial charge in [-0.1, -0.05) is 17.3 Å². The highest BCUT2D eigenvalue weighted by Crippen LogP contribution is 2.37. The van der Waals surface area contributed by atoms with E-state index in [-0.39, 0.29) is 11.7 Å². The zero-order valence-electron chi connectivity index (χ0n) is 9.56. The molecule has 19 heavy (non-hydrogen) atoms. The van der Waals surface area contributed by atoms with Crippen molar-refractivity contribution in [3.05, 3.63) is 44.4 Å². The van der Waals surface area contributed by atoms with Gasteiger partial charge in [-0.2, -0.15) is 0 Å². The number of thiophene rings is 1. The fraction of sp³-hybridized carbons (Fsp3) is 0. The summed E-state index contributed by atoms with van der Waals surface area (Å²) in [5.74, 6) is -0.0479. The summed E-state index contributed by atoms with van der Waals surface area (Å²) < 4.78 is 19.2. The Morgan fingerprint density at radius 3 is 2.58 bits per heavy atom. The molecule has 3 nitrogen and oxygen atoms in total. The molecule has 0 fully saturated rings. The van der Waals surface area contributed by atoms with Crippen LogP contribution in [0.2, 0.25) is 0 Å². The molecule has 2 aromatic heterocycles. The van der Waals surface area contributed by atoms with E-state index in [0.717, 1.165) is 14.0 Å². The van der Waals surface area contributed by atoms with Crippen LogP contribution in [0.15, 0.2) is 40.2 Å². The van der Waals surface area contributed by atoms with E-state index in [1.54, 1.807) is 23.5 Å². The van der Waals surface area contributed by atoms with Crippen LogP contribution in [0.5, 0.6) is 0 Å². The Morgan fingerprint density at radius 2 is 1.95 bits per heavy atom. The quantitative estimate of drug-likeness (QED) is 0.665. The Labute approximate surface area is 126 Å². The molecule has 0 saturated heterocycles. The number of anilines is 1. The average molecular weight is 386 g/mol. The summed E-state index contributed by atoms with van der Waals surface area (Å²) >= 11 is 3.86. The highest BCUT2D eigenvalue weighted by Gasteiger charge is 2.18. The van der Waals surface area contributed by atoms with E-state index < -0.39 is 0 Å². The van der Waals surface area contributed by atoms with Crippen LogP contribution in [0, 0.1) is 8.70 Å². The number of nitrogen functional groups attached to an aromatic ring is 1. The van der Waals surface area contributed by atoms with Crippen molar-refractivity contribution in [2.24, 2.45) is 0 Å². The van der Waals surface area contributed by atoms with Gasteiger partial charge < -0.3 is 10.3 Å². The smallest absolute Gasteiger partial charge is 0.230 e. The van der Waals surface area contributed by atoms with Gasteiger partial charge in [-0.15, -0.1) is 11.3 Å². The van der Waals surface area contributed by atoms with Gasteiger partial charge in [0, 0.05) is 10.9 Å². The number of nitrogens with two attached hydrogens (primary N) is 1. The molecule has 0 radical (unpaired) electrons. The van der Waals surface area contributed by atoms with Gasteiger partial charge in [-0.25, -0.2) is 4.39 Å². The van der Waals surface area contributed by atoms with Crippen molar-refractivity contribution in [3.63, 3.8) is 0 Å². The average Bonchev–Trinajstić information content (AvgIpc) is 2.97. The number of aromatic nitrogens is 1. The van der Waals surface area contributed by atoms with E-state index in [1.807, 2.05) is 11.4 Å². The first kappa shape index (κ1) is 12.6. The second-order valence-corrected chi connectivity index (χ2v) is 6.72. The fourth-order valence-corrected chi connectivity index (χ4v) is 3.16. The molecule has 0 amide bonds. The third kappa shape index (κ3) is 2.37. The number of hydrogen-bond acceptors (Lipinski definition) is 4. The zero-order valence-corrected chi connectivity index (χ0v) is 12.5. The van der Waals surface area contributed by atoms with Gasteiger partial charge in [0.25, 0.3) is 0 Å². The lowest BCUT2D eigenvalue weighted by atomic mass is 10.0. The van der Waals surface area contributed by atoms with Crippen LogP contribution in [0.4, 0.5) is 10.3 Å². The molecule has 0 unspecified atom stereocenters. The predicted molar refractivity (Wildman–Crippen MR) is 82.3 cm³/mol. The summed E-state index contributed by atoms with van der Waals surface area (Å²) in [4.78, 5) is 0. The molecule has 2 heterocycles. The first-order chi connectivity index (χ1) is 9.15. The van der Waals surface area contributed by atoms with Crippen LogP contribution < -0.4 is 5.73 Å². The molecular formula is C13H8FIN2OS. The lowest BCUT2D eigenvalue weighted by molar-refractivity contribution is 0.439. The molecule has 0 aliphatic heterocycles. The standard InChI is InChI=1S/C13H8FIN2OS/c14-9-3-1-7(2-4-9)11-12(17-18-13(11)16)8-5-10(15)19-6-8/h1-6H,16H2. The lowest BCUT2D eigenvalue weighted by Crippen LogP contribution is -1.87. The summed E-state index contributed by atoms with van der Waals surface area (Å²) in [5.41, 5.74) is 8.96. The summed E-state index contributed by atoms with van der Waals surface area (Å²) in [6.07, 6.45) is 0. The Balaban J connectivity index is 2.16. The minimum atomic E-state index is -0.287. The van der Waals surface area contributed by atoms with Crippen LogP contribution >= 0.6 is 33.9 Å². The number of hydrogen-bond donors (Lipinski definition) is 1. The van der Waals surface area contributed by atoms with Crippen LogP contribution in [0.1, 0.15) is 0 Å². The van der Waals surface area contributed by atoms with Gasteiger partial charge >= 0.3 is 0 Å². The molecular weight excluding hydrogens is 378 g/mol. The summed E-state index contributed by atoms with van der Waals surface area (Å²) in [6, 6.07) is 8.12. The Morgan fingerprint density at radius 1 is 1.21 bits per heavy atom. The topological polar surface area (TPSA) is 52.0 Å². The van der Waals surface area contributed by atoms with E-state index >= 15 is 0 Å². The van der Waals surface area contributed by atoms with Crippen LogP contribution in [0.3, 0.4) is 0 Å². The third-order valence-electron chi connectivity index (χ3n) is 2.69. The SMILES string of the molecule is Nc1onc(-c2csc(I)c2)c1-c1ccc(F)cc1. The van der Waals surface area contributed by atoms with Crippen molar-refractivity contribution in [3.8, 4) is 22.4 Å². The first-order valence-corrected chi connectivity index (χ1v) is 7.36. The highest BCUT2D eigenvalue weighted by molar-refractivity contribution is 14.1.